The predicted octanol–water partition coefficient (Wildman–Crippen LogP) is 3.60. The summed E-state index contributed by atoms with van der Waals surface area (Å²) in [5.41, 5.74) is 0. The molecule has 0 amide bonds. The molecule has 3 heteroatoms. The lowest BCUT2D eigenvalue weighted by Gasteiger charge is -2.24. The molecule has 12 heavy (non-hydrogen) atoms. The van der Waals surface area contributed by atoms with Crippen LogP contribution in [0, 0.1) is 5.92 Å². The van der Waals surface area contributed by atoms with Crippen LogP contribution >= 0.6 is 23.5 Å². The van der Waals surface area contributed by atoms with Gasteiger partial charge in [0, 0.05) is 0 Å². The Morgan fingerprint density at radius 2 is 2.17 bits per heavy atom. The molecule has 0 radical (unpaired) electrons. The van der Waals surface area contributed by atoms with E-state index in [0.717, 1.165) is 10.5 Å². The molecule has 1 nitrogen and oxygen atoms in total. The van der Waals surface area contributed by atoms with Crippen molar-refractivity contribution < 1.29 is 0 Å². The van der Waals surface area contributed by atoms with Crippen LogP contribution in [0.3, 0.4) is 0 Å². The van der Waals surface area contributed by atoms with Crippen molar-refractivity contribution >= 4 is 28.6 Å². The lowest BCUT2D eigenvalue weighted by atomic mass is 10.2. The van der Waals surface area contributed by atoms with Crippen LogP contribution in [0.1, 0.15) is 34.1 Å². The third-order valence-electron chi connectivity index (χ3n) is 1.68. The molecule has 0 aromatic heterocycles. The fraction of sp³-hybridized carbons (Fsp3) is 0.889. The molecule has 1 rings (SSSR count). The summed E-state index contributed by atoms with van der Waals surface area (Å²) in [5, 5.41) is 1.72. The number of aliphatic imine (C=N–C) groups is 1. The van der Waals surface area contributed by atoms with Crippen LogP contribution < -0.4 is 0 Å². The Balaban J connectivity index is 2.44. The SMILES string of the molecule is CC1=N[C@@H](C)S[C@@H](CC(C)C)S1. The first-order valence-corrected chi connectivity index (χ1v) is 6.26. The Hall–Kier alpha value is 0.370. The Bertz CT molecular complexity index is 177. The molecule has 0 fully saturated rings. The summed E-state index contributed by atoms with van der Waals surface area (Å²) in [7, 11) is 0. The van der Waals surface area contributed by atoms with Crippen molar-refractivity contribution in [2.45, 2.75) is 44.1 Å². The van der Waals surface area contributed by atoms with Gasteiger partial charge in [-0.3, -0.25) is 4.99 Å². The van der Waals surface area contributed by atoms with Gasteiger partial charge < -0.3 is 0 Å². The second kappa shape index (κ2) is 4.56. The molecule has 1 aliphatic heterocycles. The second-order valence-corrected chi connectivity index (χ2v) is 6.78. The van der Waals surface area contributed by atoms with E-state index in [1.807, 2.05) is 23.5 Å². The van der Waals surface area contributed by atoms with Crippen LogP contribution in [0.2, 0.25) is 0 Å². The molecule has 0 N–H and O–H groups in total. The summed E-state index contributed by atoms with van der Waals surface area (Å²) in [4.78, 5) is 4.48. The molecular formula is C9H17NS2. The Morgan fingerprint density at radius 1 is 1.50 bits per heavy atom. The number of rotatable bonds is 2. The molecule has 1 heterocycles. The average molecular weight is 203 g/mol. The van der Waals surface area contributed by atoms with Crippen LogP contribution in [0.15, 0.2) is 4.99 Å². The lowest BCUT2D eigenvalue weighted by Crippen LogP contribution is -2.14. The fourth-order valence-corrected chi connectivity index (χ4v) is 4.67. The Morgan fingerprint density at radius 3 is 2.67 bits per heavy atom. The number of hydrogen-bond acceptors (Lipinski definition) is 3. The summed E-state index contributed by atoms with van der Waals surface area (Å²) in [6.45, 7) is 8.87. The summed E-state index contributed by atoms with van der Waals surface area (Å²) in [5.74, 6) is 0.799. The van der Waals surface area contributed by atoms with Gasteiger partial charge in [0.25, 0.3) is 0 Å². The molecule has 0 saturated carbocycles. The first-order chi connectivity index (χ1) is 5.58. The van der Waals surface area contributed by atoms with Gasteiger partial charge >= 0.3 is 0 Å². The van der Waals surface area contributed by atoms with E-state index in [0.29, 0.717) is 5.37 Å². The fourth-order valence-electron chi connectivity index (χ4n) is 1.24. The molecule has 0 saturated heterocycles. The van der Waals surface area contributed by atoms with Gasteiger partial charge in [0.15, 0.2) is 0 Å². The summed E-state index contributed by atoms with van der Waals surface area (Å²) < 4.78 is 0.734. The molecule has 1 aliphatic rings. The monoisotopic (exact) mass is 203 g/mol. The third-order valence-corrected chi connectivity index (χ3v) is 4.20. The quantitative estimate of drug-likeness (QED) is 0.680. The molecule has 0 unspecified atom stereocenters. The highest BCUT2D eigenvalue weighted by molar-refractivity contribution is 8.25. The summed E-state index contributed by atoms with van der Waals surface area (Å²) >= 11 is 3.93. The minimum atomic E-state index is 0.468. The van der Waals surface area contributed by atoms with Crippen molar-refractivity contribution in [3.63, 3.8) is 0 Å². The van der Waals surface area contributed by atoms with E-state index in [-0.39, 0.29) is 0 Å². The van der Waals surface area contributed by atoms with Crippen LogP contribution in [0.5, 0.6) is 0 Å². The van der Waals surface area contributed by atoms with Gasteiger partial charge in [0.05, 0.1) is 15.0 Å². The third kappa shape index (κ3) is 3.40. The van der Waals surface area contributed by atoms with Crippen molar-refractivity contribution in [3.05, 3.63) is 0 Å². The number of nitrogens with zero attached hydrogens (tertiary/aromatic N) is 1. The van der Waals surface area contributed by atoms with Gasteiger partial charge in [0.1, 0.15) is 0 Å². The minimum Gasteiger partial charge on any atom is -0.269 e. The van der Waals surface area contributed by atoms with Gasteiger partial charge in [-0.15, -0.1) is 11.8 Å². The topological polar surface area (TPSA) is 12.4 Å². The minimum absolute atomic E-state index is 0.468. The normalized spacial score (nSPS) is 30.6. The molecule has 70 valence electrons. The molecule has 0 aliphatic carbocycles. The molecule has 0 spiro atoms. The molecule has 0 aromatic carbocycles. The standard InChI is InChI=1S/C9H17NS2/c1-6(2)5-9-11-7(3)10-8(4)12-9/h6-7,9H,5H2,1-4H3/t7-,9-/m1/s1. The first-order valence-electron chi connectivity index (χ1n) is 4.44. The highest BCUT2D eigenvalue weighted by Gasteiger charge is 2.20. The maximum atomic E-state index is 4.48. The predicted molar refractivity (Wildman–Crippen MR) is 61.0 cm³/mol. The van der Waals surface area contributed by atoms with E-state index in [1.54, 1.807) is 0 Å². The van der Waals surface area contributed by atoms with Gasteiger partial charge in [0.2, 0.25) is 0 Å². The van der Waals surface area contributed by atoms with Crippen molar-refractivity contribution in [3.8, 4) is 0 Å². The largest absolute Gasteiger partial charge is 0.269 e. The zero-order chi connectivity index (χ0) is 9.14. The van der Waals surface area contributed by atoms with E-state index in [1.165, 1.54) is 11.5 Å². The number of hydrogen-bond donors (Lipinski definition) is 0. The van der Waals surface area contributed by atoms with Crippen molar-refractivity contribution in [1.29, 1.82) is 0 Å². The highest BCUT2D eigenvalue weighted by atomic mass is 32.2. The van der Waals surface area contributed by atoms with Gasteiger partial charge in [-0.25, -0.2) is 0 Å². The molecule has 0 bridgehead atoms. The molecule has 0 aromatic rings. The maximum absolute atomic E-state index is 4.48. The maximum Gasteiger partial charge on any atom is 0.0943 e. The van der Waals surface area contributed by atoms with E-state index in [2.05, 4.69) is 32.7 Å². The first kappa shape index (κ1) is 10.5. The molecule has 2 atom stereocenters. The van der Waals surface area contributed by atoms with Crippen LogP contribution in [0.4, 0.5) is 0 Å². The highest BCUT2D eigenvalue weighted by Crippen LogP contribution is 2.37. The zero-order valence-corrected chi connectivity index (χ0v) is 9.84. The summed E-state index contributed by atoms with van der Waals surface area (Å²) in [6.07, 6.45) is 1.30. The van der Waals surface area contributed by atoms with E-state index < -0.39 is 0 Å². The Kier molecular flexibility index (Phi) is 3.97. The van der Waals surface area contributed by atoms with E-state index in [4.69, 9.17) is 0 Å². The Labute approximate surface area is 83.8 Å². The van der Waals surface area contributed by atoms with Crippen LogP contribution in [-0.4, -0.2) is 15.0 Å². The van der Waals surface area contributed by atoms with Crippen LogP contribution in [0.25, 0.3) is 0 Å². The van der Waals surface area contributed by atoms with Crippen molar-refractivity contribution in [2.24, 2.45) is 10.9 Å². The lowest BCUT2D eigenvalue weighted by molar-refractivity contribution is 0.619. The van der Waals surface area contributed by atoms with E-state index >= 15 is 0 Å². The number of thioether (sulfide) groups is 2. The van der Waals surface area contributed by atoms with Crippen molar-refractivity contribution in [2.75, 3.05) is 0 Å². The van der Waals surface area contributed by atoms with Gasteiger partial charge in [-0.1, -0.05) is 25.6 Å². The van der Waals surface area contributed by atoms with Gasteiger partial charge in [-0.05, 0) is 26.2 Å². The average Bonchev–Trinajstić information content (AvgIpc) is 1.81. The van der Waals surface area contributed by atoms with E-state index in [9.17, 15) is 0 Å². The smallest absolute Gasteiger partial charge is 0.0943 e. The van der Waals surface area contributed by atoms with Gasteiger partial charge in [-0.2, -0.15) is 0 Å². The zero-order valence-electron chi connectivity index (χ0n) is 8.20. The summed E-state index contributed by atoms with van der Waals surface area (Å²) in [6, 6.07) is 0. The second-order valence-electron chi connectivity index (χ2n) is 3.56. The van der Waals surface area contributed by atoms with Crippen LogP contribution in [-0.2, 0) is 0 Å². The van der Waals surface area contributed by atoms with Crippen molar-refractivity contribution in [1.82, 2.24) is 0 Å². The molecular weight excluding hydrogens is 186 g/mol.